The van der Waals surface area contributed by atoms with Gasteiger partial charge in [-0.05, 0) is 86.5 Å². The maximum absolute atomic E-state index is 15.9. The Bertz CT molecular complexity index is 1760. The highest BCUT2D eigenvalue weighted by atomic mass is 19.1. The Morgan fingerprint density at radius 3 is 2.83 bits per heavy atom. The number of aliphatic hydroxyl groups is 1. The standard InChI is InChI=1S/C30H32FN7O2/c1-4-12-37-27(39)22-15-32-28(35-26(22)38(37)23-8-7-18-9-11-29(2,40)25(18)34-23)33-21-13-19-6-5-10-30(31)17-36(3)16-20(14-21)24(19)30/h4,7-8,13-15,40H,1,5-6,9-12,16-17H2,2-3H3,(H,32,33,35)/t29-,30+/m0/s1. The van der Waals surface area contributed by atoms with Crippen LogP contribution in [-0.4, -0.2) is 47.9 Å². The van der Waals surface area contributed by atoms with Gasteiger partial charge >= 0.3 is 0 Å². The fraction of sp³-hybridized carbons (Fsp3) is 0.400. The number of fused-ring (bicyclic) bond motifs is 2. The van der Waals surface area contributed by atoms with Gasteiger partial charge in [0.15, 0.2) is 11.5 Å². The number of aryl methyl sites for hydroxylation is 2. The molecule has 0 bridgehead atoms. The molecule has 0 radical (unpaired) electrons. The van der Waals surface area contributed by atoms with Crippen LogP contribution in [0.2, 0.25) is 0 Å². The SMILES string of the molecule is C=CCn1c(=O)c2cnc(Nc3cc4c5c(c3)CN(C)C[C@]5(F)CCC4)nc2n1-c1ccc2c(n1)[C@@](C)(O)CC2. The zero-order valence-electron chi connectivity index (χ0n) is 22.7. The minimum Gasteiger partial charge on any atom is -0.384 e. The normalized spacial score (nSPS) is 23.7. The lowest BCUT2D eigenvalue weighted by atomic mass is 9.75. The first-order chi connectivity index (χ1) is 19.2. The first-order valence-corrected chi connectivity index (χ1v) is 13.8. The third-order valence-corrected chi connectivity index (χ3v) is 8.54. The van der Waals surface area contributed by atoms with E-state index in [0.29, 0.717) is 54.4 Å². The number of pyridine rings is 1. The minimum atomic E-state index is -1.30. The first-order valence-electron chi connectivity index (χ1n) is 13.8. The number of benzene rings is 1. The lowest BCUT2D eigenvalue weighted by Gasteiger charge is -2.41. The second-order valence-corrected chi connectivity index (χ2v) is 11.7. The molecule has 4 aromatic rings. The van der Waals surface area contributed by atoms with Crippen LogP contribution >= 0.6 is 0 Å². The number of anilines is 2. The van der Waals surface area contributed by atoms with Gasteiger partial charge < -0.3 is 10.4 Å². The average molecular weight is 542 g/mol. The number of aromatic nitrogens is 5. The Balaban J connectivity index is 1.34. The van der Waals surface area contributed by atoms with Crippen molar-refractivity contribution in [3.63, 3.8) is 0 Å². The zero-order chi connectivity index (χ0) is 27.8. The number of nitrogens with one attached hydrogen (secondary N) is 1. The van der Waals surface area contributed by atoms with Gasteiger partial charge in [0.05, 0.1) is 12.2 Å². The van der Waals surface area contributed by atoms with E-state index in [1.54, 1.807) is 17.7 Å². The predicted molar refractivity (Wildman–Crippen MR) is 151 cm³/mol. The number of halogens is 1. The summed E-state index contributed by atoms with van der Waals surface area (Å²) in [5.41, 5.74) is 3.09. The minimum absolute atomic E-state index is 0.250. The van der Waals surface area contributed by atoms with Crippen LogP contribution < -0.4 is 10.9 Å². The molecule has 3 aliphatic rings. The van der Waals surface area contributed by atoms with Crippen molar-refractivity contribution in [1.82, 2.24) is 29.2 Å². The molecule has 40 heavy (non-hydrogen) atoms. The van der Waals surface area contributed by atoms with Crippen molar-refractivity contribution in [3.05, 3.63) is 81.4 Å². The summed E-state index contributed by atoms with van der Waals surface area (Å²) in [5.74, 6) is 0.809. The van der Waals surface area contributed by atoms with Crippen LogP contribution in [0.3, 0.4) is 0 Å². The highest BCUT2D eigenvalue weighted by Crippen LogP contribution is 2.45. The summed E-state index contributed by atoms with van der Waals surface area (Å²) in [6.45, 7) is 6.93. The van der Waals surface area contributed by atoms with E-state index < -0.39 is 11.3 Å². The van der Waals surface area contributed by atoms with Gasteiger partial charge in [-0.1, -0.05) is 12.1 Å². The monoisotopic (exact) mass is 541 g/mol. The van der Waals surface area contributed by atoms with Crippen molar-refractivity contribution < 1.29 is 9.50 Å². The average Bonchev–Trinajstić information content (AvgIpc) is 3.35. The van der Waals surface area contributed by atoms with E-state index in [4.69, 9.17) is 9.97 Å². The second-order valence-electron chi connectivity index (χ2n) is 11.7. The highest BCUT2D eigenvalue weighted by molar-refractivity contribution is 5.77. The van der Waals surface area contributed by atoms with Crippen LogP contribution in [0, 0.1) is 0 Å². The van der Waals surface area contributed by atoms with E-state index in [-0.39, 0.29) is 12.1 Å². The quantitative estimate of drug-likeness (QED) is 0.368. The molecule has 2 aliphatic carbocycles. The van der Waals surface area contributed by atoms with Crippen molar-refractivity contribution >= 4 is 22.7 Å². The molecule has 10 heteroatoms. The van der Waals surface area contributed by atoms with Crippen LogP contribution in [-0.2, 0) is 37.2 Å². The zero-order valence-corrected chi connectivity index (χ0v) is 22.7. The maximum Gasteiger partial charge on any atom is 0.278 e. The maximum atomic E-state index is 15.9. The summed E-state index contributed by atoms with van der Waals surface area (Å²) in [5, 5.41) is 14.5. The Hall–Kier alpha value is -3.89. The van der Waals surface area contributed by atoms with Crippen molar-refractivity contribution in [3.8, 4) is 5.82 Å². The summed E-state index contributed by atoms with van der Waals surface area (Å²) in [6, 6.07) is 7.80. The van der Waals surface area contributed by atoms with E-state index in [1.807, 2.05) is 36.2 Å². The van der Waals surface area contributed by atoms with E-state index >= 15 is 4.39 Å². The summed E-state index contributed by atoms with van der Waals surface area (Å²) >= 11 is 0. The molecule has 0 amide bonds. The van der Waals surface area contributed by atoms with Gasteiger partial charge in [0.25, 0.3) is 5.56 Å². The lowest BCUT2D eigenvalue weighted by Crippen LogP contribution is -2.43. The molecule has 7 rings (SSSR count). The van der Waals surface area contributed by atoms with Crippen molar-refractivity contribution in [2.45, 2.75) is 63.4 Å². The predicted octanol–water partition coefficient (Wildman–Crippen LogP) is 4.01. The second kappa shape index (κ2) is 8.81. The number of hydrogen-bond donors (Lipinski definition) is 2. The van der Waals surface area contributed by atoms with Crippen LogP contribution in [0.4, 0.5) is 16.0 Å². The molecule has 4 heterocycles. The van der Waals surface area contributed by atoms with Gasteiger partial charge in [-0.2, -0.15) is 4.98 Å². The van der Waals surface area contributed by atoms with E-state index in [9.17, 15) is 9.90 Å². The van der Waals surface area contributed by atoms with Gasteiger partial charge in [0, 0.05) is 25.0 Å². The van der Waals surface area contributed by atoms with Crippen molar-refractivity contribution in [2.75, 3.05) is 18.9 Å². The largest absolute Gasteiger partial charge is 0.384 e. The van der Waals surface area contributed by atoms with Crippen LogP contribution in [0.5, 0.6) is 0 Å². The molecule has 0 fully saturated rings. The molecular weight excluding hydrogens is 509 g/mol. The van der Waals surface area contributed by atoms with Gasteiger partial charge in [-0.25, -0.2) is 23.7 Å². The Labute approximate surface area is 231 Å². The molecule has 0 saturated heterocycles. The summed E-state index contributed by atoms with van der Waals surface area (Å²) in [6.07, 6.45) is 6.72. The number of nitrogens with zero attached hydrogens (tertiary/aromatic N) is 6. The molecule has 206 valence electrons. The number of likely N-dealkylation sites (N-methyl/N-ethyl adjacent to an activating group) is 1. The lowest BCUT2D eigenvalue weighted by molar-refractivity contribution is 0.0553. The van der Waals surface area contributed by atoms with E-state index in [0.717, 1.165) is 47.2 Å². The molecule has 2 N–H and O–H groups in total. The van der Waals surface area contributed by atoms with Gasteiger partial charge in [0.2, 0.25) is 5.95 Å². The summed E-state index contributed by atoms with van der Waals surface area (Å²) in [7, 11) is 1.95. The molecule has 2 atom stereocenters. The molecular formula is C30H32FN7O2. The Morgan fingerprint density at radius 2 is 2.00 bits per heavy atom. The van der Waals surface area contributed by atoms with Crippen molar-refractivity contribution in [2.24, 2.45) is 0 Å². The topological polar surface area (TPSA) is 101 Å². The first kappa shape index (κ1) is 25.1. The van der Waals surface area contributed by atoms with Crippen LogP contribution in [0.15, 0.2) is 47.9 Å². The number of allylic oxidation sites excluding steroid dienone is 1. The number of rotatable bonds is 5. The van der Waals surface area contributed by atoms with E-state index in [2.05, 4.69) is 16.9 Å². The molecule has 1 aromatic carbocycles. The van der Waals surface area contributed by atoms with Gasteiger partial charge in [0.1, 0.15) is 16.7 Å². The fourth-order valence-electron chi connectivity index (χ4n) is 6.85. The molecule has 0 unspecified atom stereocenters. The fourth-order valence-corrected chi connectivity index (χ4v) is 6.85. The number of alkyl halides is 1. The third-order valence-electron chi connectivity index (χ3n) is 8.54. The highest BCUT2D eigenvalue weighted by Gasteiger charge is 2.42. The van der Waals surface area contributed by atoms with Crippen molar-refractivity contribution in [1.29, 1.82) is 0 Å². The Morgan fingerprint density at radius 1 is 1.18 bits per heavy atom. The Kier molecular flexibility index (Phi) is 5.53. The van der Waals surface area contributed by atoms with Crippen LogP contribution in [0.25, 0.3) is 16.9 Å². The van der Waals surface area contributed by atoms with Gasteiger partial charge in [-0.15, -0.1) is 6.58 Å². The van der Waals surface area contributed by atoms with Crippen LogP contribution in [0.1, 0.15) is 54.1 Å². The summed E-state index contributed by atoms with van der Waals surface area (Å²) in [4.78, 5) is 29.4. The number of hydrogen-bond acceptors (Lipinski definition) is 7. The molecule has 0 saturated carbocycles. The molecule has 9 nitrogen and oxygen atoms in total. The third kappa shape index (κ3) is 3.81. The van der Waals surface area contributed by atoms with E-state index in [1.165, 1.54) is 10.9 Å². The molecule has 3 aromatic heterocycles. The smallest absolute Gasteiger partial charge is 0.278 e. The molecule has 1 aliphatic heterocycles. The summed E-state index contributed by atoms with van der Waals surface area (Å²) < 4.78 is 19.1. The molecule has 0 spiro atoms. The van der Waals surface area contributed by atoms with Gasteiger partial charge in [-0.3, -0.25) is 9.69 Å².